The summed E-state index contributed by atoms with van der Waals surface area (Å²) in [4.78, 5) is 24.5. The van der Waals surface area contributed by atoms with Crippen molar-refractivity contribution in [2.45, 2.75) is 12.3 Å². The minimum atomic E-state index is -0.994. The van der Waals surface area contributed by atoms with Gasteiger partial charge in [0, 0.05) is 13.0 Å². The van der Waals surface area contributed by atoms with Crippen LogP contribution in [-0.4, -0.2) is 41.0 Å². The molecule has 28 heavy (non-hydrogen) atoms. The summed E-state index contributed by atoms with van der Waals surface area (Å²) in [7, 11) is 1.53. The third kappa shape index (κ3) is 3.34. The first kappa shape index (κ1) is 18.1. The summed E-state index contributed by atoms with van der Waals surface area (Å²) in [6.07, 6.45) is -0.782. The van der Waals surface area contributed by atoms with Crippen LogP contribution in [0.2, 0.25) is 0 Å². The molecule has 0 saturated carbocycles. The van der Waals surface area contributed by atoms with Gasteiger partial charge in [0.1, 0.15) is 11.6 Å². The van der Waals surface area contributed by atoms with E-state index in [4.69, 9.17) is 9.84 Å². The molecule has 1 N–H and O–H groups in total. The van der Waals surface area contributed by atoms with Crippen molar-refractivity contribution >= 4 is 28.5 Å². The molecule has 1 aromatic heterocycles. The molecule has 0 aliphatic heterocycles. The van der Waals surface area contributed by atoms with Crippen molar-refractivity contribution in [1.82, 2.24) is 10.2 Å². The van der Waals surface area contributed by atoms with Crippen LogP contribution in [0.25, 0.3) is 11.1 Å². The third-order valence-corrected chi connectivity index (χ3v) is 5.66. The number of carboxylic acids is 1. The monoisotopic (exact) mass is 395 g/mol. The third-order valence-electron chi connectivity index (χ3n) is 4.66. The Morgan fingerprint density at radius 2 is 1.68 bits per heavy atom. The van der Waals surface area contributed by atoms with Gasteiger partial charge < -0.3 is 9.84 Å². The number of rotatable bonds is 5. The highest BCUT2D eigenvalue weighted by Crippen LogP contribution is 2.44. The van der Waals surface area contributed by atoms with E-state index in [0.29, 0.717) is 10.1 Å². The van der Waals surface area contributed by atoms with Gasteiger partial charge in [-0.1, -0.05) is 59.9 Å². The van der Waals surface area contributed by atoms with Gasteiger partial charge in [0.15, 0.2) is 0 Å². The molecule has 8 heteroatoms. The fourth-order valence-electron chi connectivity index (χ4n) is 3.35. The van der Waals surface area contributed by atoms with Crippen molar-refractivity contribution in [3.05, 3.63) is 64.7 Å². The van der Waals surface area contributed by atoms with E-state index in [1.165, 1.54) is 11.9 Å². The Hall–Kier alpha value is -3.26. The van der Waals surface area contributed by atoms with Crippen LogP contribution in [0, 0.1) is 0 Å². The number of aliphatic carboxylic acids is 1. The second-order valence-corrected chi connectivity index (χ2v) is 7.45. The minimum Gasteiger partial charge on any atom is -0.481 e. The molecular formula is C20H17N3O4S. The van der Waals surface area contributed by atoms with Crippen molar-refractivity contribution in [1.29, 1.82) is 0 Å². The maximum atomic E-state index is 12.5. The van der Waals surface area contributed by atoms with E-state index in [9.17, 15) is 9.59 Å². The number of hydrogen-bond donors (Lipinski definition) is 1. The van der Waals surface area contributed by atoms with Gasteiger partial charge >= 0.3 is 12.1 Å². The number of carbonyl (C=O) groups excluding carboxylic acids is 1. The van der Waals surface area contributed by atoms with Gasteiger partial charge in [-0.2, -0.15) is 0 Å². The number of aromatic nitrogens is 2. The Bertz CT molecular complexity index is 1000. The molecule has 0 bridgehead atoms. The van der Waals surface area contributed by atoms with Crippen molar-refractivity contribution < 1.29 is 19.4 Å². The number of benzene rings is 2. The molecule has 142 valence electrons. The maximum Gasteiger partial charge on any atom is 0.415 e. The first-order valence-electron chi connectivity index (χ1n) is 8.67. The summed E-state index contributed by atoms with van der Waals surface area (Å²) in [6, 6.07) is 16.2. The molecule has 0 radical (unpaired) electrons. The second kappa shape index (κ2) is 7.40. The molecule has 4 rings (SSSR count). The molecule has 0 atom stereocenters. The molecule has 0 fully saturated rings. The molecule has 3 aromatic rings. The molecule has 1 amide bonds. The lowest BCUT2D eigenvalue weighted by Crippen LogP contribution is -2.28. The van der Waals surface area contributed by atoms with Crippen molar-refractivity contribution in [2.24, 2.45) is 0 Å². The highest BCUT2D eigenvalue weighted by molar-refractivity contribution is 7.15. The van der Waals surface area contributed by atoms with Gasteiger partial charge in [-0.25, -0.2) is 4.79 Å². The smallest absolute Gasteiger partial charge is 0.415 e. The van der Waals surface area contributed by atoms with Gasteiger partial charge in [-0.3, -0.25) is 9.69 Å². The second-order valence-electron chi connectivity index (χ2n) is 6.41. The molecule has 0 unspecified atom stereocenters. The minimum absolute atomic E-state index is 0.0262. The van der Waals surface area contributed by atoms with E-state index in [-0.39, 0.29) is 18.9 Å². The zero-order chi connectivity index (χ0) is 19.7. The standard InChI is InChI=1S/C20H17N3O4S/c1-23(19-22-21-17(28-19)10-18(24)25)20(26)27-11-16-14-8-4-2-6-12(14)13-7-3-5-9-15(13)16/h2-9,16H,10-11H2,1H3,(H,24,25). The molecule has 1 aliphatic rings. The fraction of sp³-hybridized carbons (Fsp3) is 0.200. The van der Waals surface area contributed by atoms with E-state index in [1.807, 2.05) is 24.3 Å². The van der Waals surface area contributed by atoms with E-state index in [2.05, 4.69) is 34.5 Å². The average Bonchev–Trinajstić information content (AvgIpc) is 3.28. The van der Waals surface area contributed by atoms with Crippen LogP contribution in [-0.2, 0) is 16.0 Å². The summed E-state index contributed by atoms with van der Waals surface area (Å²) in [6.45, 7) is 0.206. The fourth-order valence-corrected chi connectivity index (χ4v) is 4.13. The summed E-state index contributed by atoms with van der Waals surface area (Å²) >= 11 is 1.05. The normalized spacial score (nSPS) is 12.3. The Labute approximate surface area is 165 Å². The number of carboxylic acid groups (broad SMARTS) is 1. The SMILES string of the molecule is CN(C(=O)OCC1c2ccccc2-c2ccccc21)c1nnc(CC(=O)O)s1. The van der Waals surface area contributed by atoms with Crippen LogP contribution in [0.3, 0.4) is 0 Å². The van der Waals surface area contributed by atoms with E-state index >= 15 is 0 Å². The molecular weight excluding hydrogens is 378 g/mol. The number of carbonyl (C=O) groups is 2. The Morgan fingerprint density at radius 1 is 1.07 bits per heavy atom. The van der Waals surface area contributed by atoms with Crippen molar-refractivity contribution in [2.75, 3.05) is 18.6 Å². The predicted molar refractivity (Wildman–Crippen MR) is 105 cm³/mol. The van der Waals surface area contributed by atoms with E-state index in [0.717, 1.165) is 33.6 Å². The van der Waals surface area contributed by atoms with Crippen LogP contribution in [0.15, 0.2) is 48.5 Å². The Morgan fingerprint density at radius 3 is 2.29 bits per heavy atom. The summed E-state index contributed by atoms with van der Waals surface area (Å²) in [5.41, 5.74) is 4.60. The molecule has 7 nitrogen and oxygen atoms in total. The Balaban J connectivity index is 1.48. The van der Waals surface area contributed by atoms with E-state index in [1.54, 1.807) is 0 Å². The maximum absolute atomic E-state index is 12.5. The van der Waals surface area contributed by atoms with Crippen LogP contribution in [0.1, 0.15) is 22.1 Å². The first-order valence-corrected chi connectivity index (χ1v) is 9.49. The average molecular weight is 395 g/mol. The topological polar surface area (TPSA) is 92.6 Å². The predicted octanol–water partition coefficient (Wildman–Crippen LogP) is 3.55. The number of fused-ring (bicyclic) bond motifs is 3. The zero-order valence-corrected chi connectivity index (χ0v) is 15.8. The first-order chi connectivity index (χ1) is 13.5. The lowest BCUT2D eigenvalue weighted by atomic mass is 9.98. The number of ether oxygens (including phenoxy) is 1. The van der Waals surface area contributed by atoms with Crippen LogP contribution >= 0.6 is 11.3 Å². The number of hydrogen-bond acceptors (Lipinski definition) is 6. The van der Waals surface area contributed by atoms with Crippen LogP contribution in [0.4, 0.5) is 9.93 Å². The van der Waals surface area contributed by atoms with Gasteiger partial charge in [-0.05, 0) is 22.3 Å². The van der Waals surface area contributed by atoms with Gasteiger partial charge in [0.05, 0.1) is 6.42 Å². The van der Waals surface area contributed by atoms with E-state index < -0.39 is 12.1 Å². The zero-order valence-electron chi connectivity index (χ0n) is 15.0. The number of amides is 1. The highest BCUT2D eigenvalue weighted by atomic mass is 32.1. The van der Waals surface area contributed by atoms with Gasteiger partial charge in [0.2, 0.25) is 5.13 Å². The van der Waals surface area contributed by atoms with Gasteiger partial charge in [-0.15, -0.1) is 10.2 Å². The number of nitrogens with zero attached hydrogens (tertiary/aromatic N) is 3. The summed E-state index contributed by atoms with van der Waals surface area (Å²) < 4.78 is 5.56. The number of anilines is 1. The summed E-state index contributed by atoms with van der Waals surface area (Å²) in [5.74, 6) is -1.02. The Kier molecular flexibility index (Phi) is 4.79. The largest absolute Gasteiger partial charge is 0.481 e. The van der Waals surface area contributed by atoms with Crippen molar-refractivity contribution in [3.63, 3.8) is 0 Å². The molecule has 2 aromatic carbocycles. The molecule has 1 heterocycles. The molecule has 1 aliphatic carbocycles. The van der Waals surface area contributed by atoms with Crippen LogP contribution < -0.4 is 4.90 Å². The van der Waals surface area contributed by atoms with Crippen LogP contribution in [0.5, 0.6) is 0 Å². The molecule has 0 spiro atoms. The quantitative estimate of drug-likeness (QED) is 0.710. The lowest BCUT2D eigenvalue weighted by Gasteiger charge is -2.17. The lowest BCUT2D eigenvalue weighted by molar-refractivity contribution is -0.136. The highest BCUT2D eigenvalue weighted by Gasteiger charge is 2.29. The molecule has 0 saturated heterocycles. The van der Waals surface area contributed by atoms with Crippen molar-refractivity contribution in [3.8, 4) is 11.1 Å². The summed E-state index contributed by atoms with van der Waals surface area (Å²) in [5, 5.41) is 17.1. The van der Waals surface area contributed by atoms with Gasteiger partial charge in [0.25, 0.3) is 0 Å².